The van der Waals surface area contributed by atoms with Crippen molar-refractivity contribution in [3.8, 4) is 0 Å². The van der Waals surface area contributed by atoms with Gasteiger partial charge in [0.25, 0.3) is 5.91 Å². The van der Waals surface area contributed by atoms with Crippen molar-refractivity contribution < 1.29 is 18.0 Å². The van der Waals surface area contributed by atoms with Crippen molar-refractivity contribution in [1.82, 2.24) is 9.21 Å². The number of rotatable bonds is 3. The Bertz CT molecular complexity index is 1160. The van der Waals surface area contributed by atoms with Gasteiger partial charge in [0.05, 0.1) is 15.8 Å². The van der Waals surface area contributed by atoms with Crippen molar-refractivity contribution in [3.63, 3.8) is 0 Å². The van der Waals surface area contributed by atoms with E-state index in [1.165, 1.54) is 16.1 Å². The number of piperazine rings is 1. The minimum absolute atomic E-state index is 0.0766. The molecule has 2 aliphatic rings. The van der Waals surface area contributed by atoms with Crippen molar-refractivity contribution in [3.05, 3.63) is 53.1 Å². The van der Waals surface area contributed by atoms with E-state index < -0.39 is 10.0 Å². The molecule has 0 saturated carbocycles. The van der Waals surface area contributed by atoms with E-state index in [9.17, 15) is 18.0 Å². The monoisotopic (exact) mass is 459 g/mol. The number of sulfonamides is 1. The lowest BCUT2D eigenvalue weighted by Gasteiger charge is -2.34. The van der Waals surface area contributed by atoms with Gasteiger partial charge in [0.1, 0.15) is 0 Å². The van der Waals surface area contributed by atoms with Crippen molar-refractivity contribution in [2.45, 2.75) is 35.8 Å². The van der Waals surface area contributed by atoms with E-state index in [0.717, 1.165) is 16.0 Å². The van der Waals surface area contributed by atoms with Crippen LogP contribution in [0.3, 0.4) is 0 Å². The summed E-state index contributed by atoms with van der Waals surface area (Å²) in [5, 5.41) is 2.68. The van der Waals surface area contributed by atoms with Crippen molar-refractivity contribution in [2.24, 2.45) is 0 Å². The molecule has 164 valence electrons. The number of nitrogens with zero attached hydrogens (tertiary/aromatic N) is 2. The Labute approximate surface area is 186 Å². The Morgan fingerprint density at radius 3 is 2.45 bits per heavy atom. The number of carbonyl (C=O) groups excluding carboxylic acids is 2. The largest absolute Gasteiger partial charge is 0.336 e. The molecule has 0 spiro atoms. The molecule has 0 radical (unpaired) electrons. The van der Waals surface area contributed by atoms with Crippen LogP contribution in [0, 0.1) is 13.8 Å². The summed E-state index contributed by atoms with van der Waals surface area (Å²) in [7, 11) is -3.60. The zero-order chi connectivity index (χ0) is 22.3. The molecule has 1 N–H and O–H groups in total. The normalized spacial score (nSPS) is 19.6. The Kier molecular flexibility index (Phi) is 5.85. The maximum atomic E-state index is 13.1. The van der Waals surface area contributed by atoms with E-state index in [-0.39, 0.29) is 30.2 Å². The van der Waals surface area contributed by atoms with E-state index in [2.05, 4.69) is 5.32 Å². The predicted molar refractivity (Wildman–Crippen MR) is 121 cm³/mol. The van der Waals surface area contributed by atoms with Crippen LogP contribution in [0.25, 0.3) is 0 Å². The van der Waals surface area contributed by atoms with E-state index >= 15 is 0 Å². The van der Waals surface area contributed by atoms with Gasteiger partial charge in [-0.3, -0.25) is 9.59 Å². The number of amides is 2. The average molecular weight is 460 g/mol. The Morgan fingerprint density at radius 2 is 1.77 bits per heavy atom. The summed E-state index contributed by atoms with van der Waals surface area (Å²) in [4.78, 5) is 27.8. The van der Waals surface area contributed by atoms with E-state index in [1.807, 2.05) is 26.0 Å². The zero-order valence-electron chi connectivity index (χ0n) is 17.7. The lowest BCUT2D eigenvalue weighted by atomic mass is 10.1. The highest BCUT2D eigenvalue weighted by atomic mass is 32.2. The van der Waals surface area contributed by atoms with Crippen LogP contribution >= 0.6 is 11.8 Å². The van der Waals surface area contributed by atoms with Crippen LogP contribution < -0.4 is 5.32 Å². The maximum absolute atomic E-state index is 13.1. The Morgan fingerprint density at radius 1 is 1.06 bits per heavy atom. The minimum atomic E-state index is -3.60. The number of nitrogens with one attached hydrogen (secondary N) is 1. The molecule has 7 nitrogen and oxygen atoms in total. The van der Waals surface area contributed by atoms with Gasteiger partial charge in [0.2, 0.25) is 15.9 Å². The number of fused-ring (bicyclic) bond motifs is 1. The highest BCUT2D eigenvalue weighted by Gasteiger charge is 2.32. The van der Waals surface area contributed by atoms with Crippen molar-refractivity contribution in [1.29, 1.82) is 0 Å². The topological polar surface area (TPSA) is 86.8 Å². The van der Waals surface area contributed by atoms with Gasteiger partial charge in [0.15, 0.2) is 0 Å². The van der Waals surface area contributed by atoms with Gasteiger partial charge in [-0.25, -0.2) is 8.42 Å². The number of benzene rings is 2. The van der Waals surface area contributed by atoms with Crippen molar-refractivity contribution in [2.75, 3.05) is 31.5 Å². The SMILES string of the molecule is Cc1ccc(S(=O)(=O)N2CCN(C(=O)c3ccc4c(c3)NC(=O)[C@H](C)S4)CC2)c(C)c1. The highest BCUT2D eigenvalue weighted by molar-refractivity contribution is 8.01. The quantitative estimate of drug-likeness (QED) is 0.763. The number of carbonyl (C=O) groups is 2. The third-order valence-electron chi connectivity index (χ3n) is 5.63. The first-order valence-electron chi connectivity index (χ1n) is 10.1. The third kappa shape index (κ3) is 4.22. The summed E-state index contributed by atoms with van der Waals surface area (Å²) in [6, 6.07) is 10.6. The van der Waals surface area contributed by atoms with E-state index in [4.69, 9.17) is 0 Å². The average Bonchev–Trinajstić information content (AvgIpc) is 2.73. The molecule has 9 heteroatoms. The van der Waals surface area contributed by atoms with Crippen LogP contribution in [0.2, 0.25) is 0 Å². The summed E-state index contributed by atoms with van der Waals surface area (Å²) in [6.07, 6.45) is 0. The molecule has 2 aromatic carbocycles. The molecular formula is C22H25N3O4S2. The first kappa shape index (κ1) is 21.9. The molecule has 2 aliphatic heterocycles. The summed E-state index contributed by atoms with van der Waals surface area (Å²) in [5.41, 5.74) is 2.87. The second-order valence-corrected chi connectivity index (χ2v) is 11.2. The molecule has 0 bridgehead atoms. The van der Waals surface area contributed by atoms with Crippen LogP contribution in [0.15, 0.2) is 46.2 Å². The summed E-state index contributed by atoms with van der Waals surface area (Å²) >= 11 is 1.47. The molecule has 2 amide bonds. The summed E-state index contributed by atoms with van der Waals surface area (Å²) in [6.45, 7) is 6.70. The molecular weight excluding hydrogens is 434 g/mol. The molecule has 31 heavy (non-hydrogen) atoms. The van der Waals surface area contributed by atoms with Gasteiger partial charge in [-0.2, -0.15) is 4.31 Å². The van der Waals surface area contributed by atoms with Gasteiger partial charge >= 0.3 is 0 Å². The molecule has 0 unspecified atom stereocenters. The molecule has 2 aromatic rings. The number of anilines is 1. The van der Waals surface area contributed by atoms with Crippen LogP contribution in [0.1, 0.15) is 28.4 Å². The molecule has 0 aromatic heterocycles. The summed E-state index contributed by atoms with van der Waals surface area (Å²) in [5.74, 6) is -0.239. The van der Waals surface area contributed by atoms with Crippen LogP contribution in [0.4, 0.5) is 5.69 Å². The van der Waals surface area contributed by atoms with Gasteiger partial charge < -0.3 is 10.2 Å². The Hall–Kier alpha value is -2.36. The fourth-order valence-corrected chi connectivity index (χ4v) is 6.44. The maximum Gasteiger partial charge on any atom is 0.254 e. The van der Waals surface area contributed by atoms with Crippen molar-refractivity contribution >= 4 is 39.3 Å². The van der Waals surface area contributed by atoms with Crippen LogP contribution in [-0.4, -0.2) is 60.9 Å². The highest BCUT2D eigenvalue weighted by Crippen LogP contribution is 2.36. The van der Waals surface area contributed by atoms with Gasteiger partial charge in [0, 0.05) is 36.6 Å². The van der Waals surface area contributed by atoms with Gasteiger partial charge in [-0.15, -0.1) is 11.8 Å². The lowest BCUT2D eigenvalue weighted by molar-refractivity contribution is -0.115. The molecule has 2 heterocycles. The molecule has 1 fully saturated rings. The molecule has 1 atom stereocenters. The lowest BCUT2D eigenvalue weighted by Crippen LogP contribution is -2.50. The Balaban J connectivity index is 1.46. The van der Waals surface area contributed by atoms with Gasteiger partial charge in [-0.1, -0.05) is 17.7 Å². The fourth-order valence-electron chi connectivity index (χ4n) is 3.88. The third-order valence-corrected chi connectivity index (χ3v) is 8.87. The second kappa shape index (κ2) is 8.29. The molecule has 4 rings (SSSR count). The van der Waals surface area contributed by atoms with Crippen LogP contribution in [0.5, 0.6) is 0 Å². The number of thioether (sulfide) groups is 1. The number of hydrogen-bond donors (Lipinski definition) is 1. The fraction of sp³-hybridized carbons (Fsp3) is 0.364. The summed E-state index contributed by atoms with van der Waals surface area (Å²) < 4.78 is 27.6. The molecule has 1 saturated heterocycles. The number of hydrogen-bond acceptors (Lipinski definition) is 5. The zero-order valence-corrected chi connectivity index (χ0v) is 19.3. The van der Waals surface area contributed by atoms with Crippen LogP contribution in [-0.2, 0) is 14.8 Å². The minimum Gasteiger partial charge on any atom is -0.336 e. The van der Waals surface area contributed by atoms with E-state index in [1.54, 1.807) is 36.1 Å². The molecule has 0 aliphatic carbocycles. The first-order chi connectivity index (χ1) is 14.7. The second-order valence-electron chi connectivity index (χ2n) is 7.93. The van der Waals surface area contributed by atoms with Gasteiger partial charge in [-0.05, 0) is 50.6 Å². The predicted octanol–water partition coefficient (Wildman–Crippen LogP) is 2.88. The van der Waals surface area contributed by atoms with E-state index in [0.29, 0.717) is 29.2 Å². The number of aryl methyl sites for hydroxylation is 2. The smallest absolute Gasteiger partial charge is 0.254 e. The first-order valence-corrected chi connectivity index (χ1v) is 12.5. The standard InChI is InChI=1S/C22H25N3O4S2/c1-14-4-7-20(15(2)12-14)31(28,29)25-10-8-24(9-11-25)22(27)17-5-6-19-18(13-17)23-21(26)16(3)30-19/h4-7,12-13,16H,8-11H2,1-3H3,(H,23,26)/t16-/m0/s1.